The Kier molecular flexibility index (Phi) is 5.96. The Bertz CT molecular complexity index is 487. The molecular weight excluding hydrogens is 263 g/mol. The van der Waals surface area contributed by atoms with Crippen molar-refractivity contribution in [1.82, 2.24) is 5.32 Å². The first-order chi connectivity index (χ1) is 9.47. The summed E-state index contributed by atoms with van der Waals surface area (Å²) < 4.78 is 13.2. The van der Waals surface area contributed by atoms with E-state index in [0.29, 0.717) is 12.5 Å². The minimum atomic E-state index is -1.37. The highest BCUT2D eigenvalue weighted by Crippen LogP contribution is 2.14. The van der Waals surface area contributed by atoms with Crippen molar-refractivity contribution in [1.29, 1.82) is 0 Å². The smallest absolute Gasteiger partial charge is 0.338 e. The first kappa shape index (κ1) is 15.9. The summed E-state index contributed by atoms with van der Waals surface area (Å²) in [6, 6.07) is 2.99. The molecule has 3 N–H and O–H groups in total. The zero-order valence-electron chi connectivity index (χ0n) is 11.6. The van der Waals surface area contributed by atoms with Gasteiger partial charge in [0, 0.05) is 12.2 Å². The highest BCUT2D eigenvalue weighted by Gasteiger charge is 2.12. The van der Waals surface area contributed by atoms with Crippen LogP contribution in [-0.2, 0) is 0 Å². The number of carboxylic acids is 1. The van der Waals surface area contributed by atoms with E-state index in [-0.39, 0.29) is 5.69 Å². The Balaban J connectivity index is 2.62. The molecule has 5 nitrogen and oxygen atoms in total. The quantitative estimate of drug-likeness (QED) is 0.750. The predicted molar refractivity (Wildman–Crippen MR) is 74.5 cm³/mol. The van der Waals surface area contributed by atoms with Gasteiger partial charge in [0.2, 0.25) is 0 Å². The Morgan fingerprint density at radius 2 is 1.95 bits per heavy atom. The van der Waals surface area contributed by atoms with Crippen LogP contribution < -0.4 is 10.6 Å². The summed E-state index contributed by atoms with van der Waals surface area (Å²) in [6.45, 7) is 4.64. The molecule has 0 saturated heterocycles. The van der Waals surface area contributed by atoms with E-state index < -0.39 is 23.4 Å². The summed E-state index contributed by atoms with van der Waals surface area (Å²) in [5.74, 6) is -1.80. The molecule has 1 aromatic carbocycles. The van der Waals surface area contributed by atoms with Crippen molar-refractivity contribution in [2.24, 2.45) is 5.92 Å². The number of nitrogens with one attached hydrogen (secondary N) is 2. The third-order valence-corrected chi connectivity index (χ3v) is 3.16. The topological polar surface area (TPSA) is 78.4 Å². The lowest BCUT2D eigenvalue weighted by atomic mass is 10.0. The Morgan fingerprint density at radius 3 is 2.50 bits per heavy atom. The standard InChI is InChI=1S/C14H19FN2O3/c1-3-9(4-2)8-16-14(20)17-10-5-6-12(15)11(7-10)13(18)19/h5-7,9H,3-4,8H2,1-2H3,(H,18,19)(H2,16,17,20). The van der Waals surface area contributed by atoms with Crippen LogP contribution in [0.3, 0.4) is 0 Å². The number of halogens is 1. The second-order valence-electron chi connectivity index (χ2n) is 4.52. The lowest BCUT2D eigenvalue weighted by Crippen LogP contribution is -2.32. The molecule has 0 aromatic heterocycles. The number of carboxylic acid groups (broad SMARTS) is 1. The van der Waals surface area contributed by atoms with Gasteiger partial charge < -0.3 is 15.7 Å². The molecule has 1 rings (SSSR count). The average Bonchev–Trinajstić information content (AvgIpc) is 2.41. The SMILES string of the molecule is CCC(CC)CNC(=O)Nc1ccc(F)c(C(=O)O)c1. The van der Waals surface area contributed by atoms with Crippen LogP contribution in [0.4, 0.5) is 14.9 Å². The fourth-order valence-electron chi connectivity index (χ4n) is 1.76. The van der Waals surface area contributed by atoms with Crippen LogP contribution in [0.1, 0.15) is 37.0 Å². The number of hydrogen-bond acceptors (Lipinski definition) is 2. The monoisotopic (exact) mass is 282 g/mol. The van der Waals surface area contributed by atoms with Crippen molar-refractivity contribution in [2.75, 3.05) is 11.9 Å². The largest absolute Gasteiger partial charge is 0.478 e. The van der Waals surface area contributed by atoms with Gasteiger partial charge in [-0.3, -0.25) is 0 Å². The van der Waals surface area contributed by atoms with Crippen LogP contribution in [0.15, 0.2) is 18.2 Å². The summed E-state index contributed by atoms with van der Waals surface area (Å²) in [5, 5.41) is 14.0. The van der Waals surface area contributed by atoms with Crippen LogP contribution in [0.5, 0.6) is 0 Å². The van der Waals surface area contributed by atoms with Gasteiger partial charge in [-0.05, 0) is 24.1 Å². The van der Waals surface area contributed by atoms with E-state index >= 15 is 0 Å². The Morgan fingerprint density at radius 1 is 1.30 bits per heavy atom. The predicted octanol–water partition coefficient (Wildman–Crippen LogP) is 3.08. The van der Waals surface area contributed by atoms with E-state index in [0.717, 1.165) is 25.0 Å². The van der Waals surface area contributed by atoms with Gasteiger partial charge in [-0.15, -0.1) is 0 Å². The van der Waals surface area contributed by atoms with Gasteiger partial charge >= 0.3 is 12.0 Å². The van der Waals surface area contributed by atoms with Gasteiger partial charge in [0.15, 0.2) is 0 Å². The number of amides is 2. The lowest BCUT2D eigenvalue weighted by Gasteiger charge is -2.14. The minimum absolute atomic E-state index is 0.242. The maximum absolute atomic E-state index is 13.2. The second kappa shape index (κ2) is 7.47. The second-order valence-corrected chi connectivity index (χ2v) is 4.52. The zero-order chi connectivity index (χ0) is 15.1. The van der Waals surface area contributed by atoms with Gasteiger partial charge in [0.1, 0.15) is 5.82 Å². The Labute approximate surface area is 117 Å². The number of benzene rings is 1. The molecule has 20 heavy (non-hydrogen) atoms. The summed E-state index contributed by atoms with van der Waals surface area (Å²) in [7, 11) is 0. The molecule has 0 heterocycles. The molecule has 0 fully saturated rings. The number of anilines is 1. The summed E-state index contributed by atoms with van der Waals surface area (Å²) in [4.78, 5) is 22.4. The van der Waals surface area contributed by atoms with Gasteiger partial charge in [0.25, 0.3) is 0 Å². The molecule has 0 atom stereocenters. The first-order valence-corrected chi connectivity index (χ1v) is 6.55. The van der Waals surface area contributed by atoms with Gasteiger partial charge in [-0.1, -0.05) is 26.7 Å². The molecule has 0 spiro atoms. The van der Waals surface area contributed by atoms with Gasteiger partial charge in [-0.25, -0.2) is 14.0 Å². The van der Waals surface area contributed by atoms with E-state index in [1.807, 2.05) is 13.8 Å². The van der Waals surface area contributed by atoms with Crippen molar-refractivity contribution >= 4 is 17.7 Å². The first-order valence-electron chi connectivity index (χ1n) is 6.55. The van der Waals surface area contributed by atoms with Crippen LogP contribution in [0, 0.1) is 11.7 Å². The van der Waals surface area contributed by atoms with Crippen LogP contribution in [-0.4, -0.2) is 23.7 Å². The minimum Gasteiger partial charge on any atom is -0.478 e. The molecule has 0 bridgehead atoms. The highest BCUT2D eigenvalue weighted by molar-refractivity contribution is 5.93. The molecule has 1 aromatic rings. The van der Waals surface area contributed by atoms with Crippen molar-refractivity contribution in [3.05, 3.63) is 29.6 Å². The van der Waals surface area contributed by atoms with Crippen LogP contribution in [0.25, 0.3) is 0 Å². The number of hydrogen-bond donors (Lipinski definition) is 3. The highest BCUT2D eigenvalue weighted by atomic mass is 19.1. The van der Waals surface area contributed by atoms with E-state index in [1.165, 1.54) is 6.07 Å². The number of rotatable bonds is 6. The molecule has 0 radical (unpaired) electrons. The maximum Gasteiger partial charge on any atom is 0.338 e. The van der Waals surface area contributed by atoms with E-state index in [4.69, 9.17) is 5.11 Å². The van der Waals surface area contributed by atoms with Crippen LogP contribution >= 0.6 is 0 Å². The summed E-state index contributed by atoms with van der Waals surface area (Å²) >= 11 is 0. The fraction of sp³-hybridized carbons (Fsp3) is 0.429. The van der Waals surface area contributed by atoms with Crippen molar-refractivity contribution in [3.63, 3.8) is 0 Å². The van der Waals surface area contributed by atoms with Crippen molar-refractivity contribution < 1.29 is 19.1 Å². The molecule has 6 heteroatoms. The van der Waals surface area contributed by atoms with Crippen molar-refractivity contribution in [2.45, 2.75) is 26.7 Å². The molecular formula is C14H19FN2O3. The summed E-state index contributed by atoms with van der Waals surface area (Å²) in [6.07, 6.45) is 1.94. The molecule has 0 unspecified atom stereocenters. The number of carbonyl (C=O) groups is 2. The number of urea groups is 1. The van der Waals surface area contributed by atoms with Gasteiger partial charge in [0.05, 0.1) is 5.56 Å². The van der Waals surface area contributed by atoms with Gasteiger partial charge in [-0.2, -0.15) is 0 Å². The fourth-order valence-corrected chi connectivity index (χ4v) is 1.76. The molecule has 0 saturated carbocycles. The van der Waals surface area contributed by atoms with Crippen molar-refractivity contribution in [3.8, 4) is 0 Å². The molecule has 110 valence electrons. The summed E-state index contributed by atoms with van der Waals surface area (Å²) in [5.41, 5.74) is -0.228. The molecule has 0 aliphatic rings. The van der Waals surface area contributed by atoms with E-state index in [9.17, 15) is 14.0 Å². The number of aromatic carboxylic acids is 1. The maximum atomic E-state index is 13.2. The molecule has 0 aliphatic heterocycles. The Hall–Kier alpha value is -2.11. The number of carbonyl (C=O) groups excluding carboxylic acids is 1. The molecule has 2 amide bonds. The zero-order valence-corrected chi connectivity index (χ0v) is 11.6. The lowest BCUT2D eigenvalue weighted by molar-refractivity contribution is 0.0692. The van der Waals surface area contributed by atoms with E-state index in [1.54, 1.807) is 0 Å². The average molecular weight is 282 g/mol. The van der Waals surface area contributed by atoms with E-state index in [2.05, 4.69) is 10.6 Å². The third kappa shape index (κ3) is 4.53. The molecule has 0 aliphatic carbocycles. The third-order valence-electron chi connectivity index (χ3n) is 3.16. The normalized spacial score (nSPS) is 10.4. The van der Waals surface area contributed by atoms with Crippen LogP contribution in [0.2, 0.25) is 0 Å².